The van der Waals surface area contributed by atoms with Gasteiger partial charge in [-0.05, 0) is 22.0 Å². The number of nitro benzene ring substituents is 1. The van der Waals surface area contributed by atoms with E-state index >= 15 is 0 Å². The van der Waals surface area contributed by atoms with Crippen LogP contribution in [0.5, 0.6) is 0 Å². The smallest absolute Gasteiger partial charge is 0.306 e. The van der Waals surface area contributed by atoms with Gasteiger partial charge >= 0.3 is 5.69 Å². The first kappa shape index (κ1) is 11.4. The SMILES string of the molecule is N#CCc1c(F)cc(Br)c([N+](=O)[O-])c1N. The third kappa shape index (κ3) is 2.05. The van der Waals surface area contributed by atoms with Crippen molar-refractivity contribution >= 4 is 27.3 Å². The molecule has 2 N–H and O–H groups in total. The molecule has 0 radical (unpaired) electrons. The van der Waals surface area contributed by atoms with Gasteiger partial charge in [0.1, 0.15) is 16.0 Å². The number of benzene rings is 1. The van der Waals surface area contributed by atoms with Crippen molar-refractivity contribution in [3.63, 3.8) is 0 Å². The fourth-order valence-corrected chi connectivity index (χ4v) is 1.67. The molecule has 0 amide bonds. The van der Waals surface area contributed by atoms with Crippen LogP contribution in [0.15, 0.2) is 10.5 Å². The molecule has 0 heterocycles. The average Bonchev–Trinajstić information content (AvgIpc) is 2.11. The van der Waals surface area contributed by atoms with E-state index in [9.17, 15) is 14.5 Å². The van der Waals surface area contributed by atoms with Gasteiger partial charge in [0.2, 0.25) is 0 Å². The van der Waals surface area contributed by atoms with Crippen molar-refractivity contribution in [3.05, 3.63) is 32.0 Å². The van der Waals surface area contributed by atoms with E-state index in [0.29, 0.717) is 0 Å². The zero-order valence-electron chi connectivity index (χ0n) is 7.33. The lowest BCUT2D eigenvalue weighted by atomic mass is 10.1. The number of nitrogens with zero attached hydrogens (tertiary/aromatic N) is 2. The highest BCUT2D eigenvalue weighted by Crippen LogP contribution is 2.35. The van der Waals surface area contributed by atoms with Crippen LogP contribution in [0.4, 0.5) is 15.8 Å². The van der Waals surface area contributed by atoms with Crippen LogP contribution >= 0.6 is 15.9 Å². The topological polar surface area (TPSA) is 92.9 Å². The number of nitrogen functional groups attached to an aromatic ring is 1. The lowest BCUT2D eigenvalue weighted by Crippen LogP contribution is -2.03. The molecular weight excluding hydrogens is 269 g/mol. The Morgan fingerprint density at radius 3 is 2.80 bits per heavy atom. The Morgan fingerprint density at radius 1 is 1.73 bits per heavy atom. The number of nitrogens with two attached hydrogens (primary N) is 1. The third-order valence-corrected chi connectivity index (χ3v) is 2.39. The van der Waals surface area contributed by atoms with Gasteiger partial charge in [0, 0.05) is 5.56 Å². The average molecular weight is 274 g/mol. The van der Waals surface area contributed by atoms with Crippen molar-refractivity contribution in [2.75, 3.05) is 5.73 Å². The van der Waals surface area contributed by atoms with Crippen molar-refractivity contribution in [3.8, 4) is 6.07 Å². The Morgan fingerprint density at radius 2 is 2.33 bits per heavy atom. The lowest BCUT2D eigenvalue weighted by Gasteiger charge is -2.05. The summed E-state index contributed by atoms with van der Waals surface area (Å²) in [7, 11) is 0. The maximum Gasteiger partial charge on any atom is 0.306 e. The molecule has 7 heteroatoms. The normalized spacial score (nSPS) is 9.67. The van der Waals surface area contributed by atoms with Crippen LogP contribution in [0.1, 0.15) is 5.56 Å². The Hall–Kier alpha value is -1.68. The zero-order valence-corrected chi connectivity index (χ0v) is 8.91. The van der Waals surface area contributed by atoms with E-state index in [4.69, 9.17) is 11.0 Å². The number of anilines is 1. The second-order valence-corrected chi connectivity index (χ2v) is 3.53. The summed E-state index contributed by atoms with van der Waals surface area (Å²) < 4.78 is 13.2. The summed E-state index contributed by atoms with van der Waals surface area (Å²) in [5.74, 6) is -0.730. The molecule has 78 valence electrons. The third-order valence-electron chi connectivity index (χ3n) is 1.79. The summed E-state index contributed by atoms with van der Waals surface area (Å²) in [5.41, 5.74) is 4.54. The molecule has 5 nitrogen and oxygen atoms in total. The van der Waals surface area contributed by atoms with E-state index in [-0.39, 0.29) is 22.1 Å². The molecular formula is C8H5BrFN3O2. The molecule has 0 aliphatic rings. The highest BCUT2D eigenvalue weighted by atomic mass is 79.9. The number of nitriles is 1. The van der Waals surface area contributed by atoms with E-state index in [0.717, 1.165) is 6.07 Å². The quantitative estimate of drug-likeness (QED) is 0.508. The standard InChI is InChI=1S/C8H5BrFN3O2/c9-5-3-6(10)4(1-2-11)7(12)8(5)13(14)15/h3H,1,12H2. The Kier molecular flexibility index (Phi) is 3.21. The van der Waals surface area contributed by atoms with Gasteiger partial charge in [-0.3, -0.25) is 10.1 Å². The van der Waals surface area contributed by atoms with Gasteiger partial charge in [-0.25, -0.2) is 4.39 Å². The van der Waals surface area contributed by atoms with Crippen molar-refractivity contribution in [1.29, 1.82) is 5.26 Å². The van der Waals surface area contributed by atoms with Crippen LogP contribution in [0.25, 0.3) is 0 Å². The fourth-order valence-electron chi connectivity index (χ4n) is 1.11. The van der Waals surface area contributed by atoms with E-state index in [1.54, 1.807) is 6.07 Å². The van der Waals surface area contributed by atoms with Gasteiger partial charge in [0.15, 0.2) is 0 Å². The van der Waals surface area contributed by atoms with Gasteiger partial charge in [-0.2, -0.15) is 5.26 Å². The van der Waals surface area contributed by atoms with Gasteiger partial charge in [0.25, 0.3) is 0 Å². The minimum atomic E-state index is -0.730. The van der Waals surface area contributed by atoms with E-state index < -0.39 is 16.4 Å². The maximum atomic E-state index is 13.3. The van der Waals surface area contributed by atoms with Crippen molar-refractivity contribution in [1.82, 2.24) is 0 Å². The van der Waals surface area contributed by atoms with E-state index in [1.165, 1.54) is 0 Å². The minimum Gasteiger partial charge on any atom is -0.393 e. The number of rotatable bonds is 2. The minimum absolute atomic E-state index is 0.0378. The molecule has 0 aromatic heterocycles. The van der Waals surface area contributed by atoms with E-state index in [1.807, 2.05) is 0 Å². The van der Waals surface area contributed by atoms with Crippen molar-refractivity contribution in [2.24, 2.45) is 0 Å². The fraction of sp³-hybridized carbons (Fsp3) is 0.125. The Bertz CT molecular complexity index is 470. The predicted octanol–water partition coefficient (Wildman–Crippen LogP) is 2.14. The summed E-state index contributed by atoms with van der Waals surface area (Å²) in [5, 5.41) is 19.0. The van der Waals surface area contributed by atoms with Gasteiger partial charge in [0.05, 0.1) is 17.4 Å². The van der Waals surface area contributed by atoms with Gasteiger partial charge in [-0.1, -0.05) is 0 Å². The molecule has 0 bridgehead atoms. The lowest BCUT2D eigenvalue weighted by molar-refractivity contribution is -0.384. The second-order valence-electron chi connectivity index (χ2n) is 2.67. The zero-order chi connectivity index (χ0) is 11.6. The summed E-state index contributed by atoms with van der Waals surface area (Å²) in [6, 6.07) is 2.63. The summed E-state index contributed by atoms with van der Waals surface area (Å²) in [6.45, 7) is 0. The monoisotopic (exact) mass is 273 g/mol. The Labute approximate surface area is 92.6 Å². The first-order valence-corrected chi connectivity index (χ1v) is 4.56. The molecule has 1 aromatic carbocycles. The van der Waals surface area contributed by atoms with Crippen LogP contribution in [0.3, 0.4) is 0 Å². The number of hydrogen-bond acceptors (Lipinski definition) is 4. The van der Waals surface area contributed by atoms with Crippen molar-refractivity contribution < 1.29 is 9.31 Å². The Balaban J connectivity index is 3.50. The van der Waals surface area contributed by atoms with Crippen LogP contribution in [-0.4, -0.2) is 4.92 Å². The highest BCUT2D eigenvalue weighted by Gasteiger charge is 2.23. The number of halogens is 2. The molecule has 0 aliphatic carbocycles. The molecule has 0 unspecified atom stereocenters. The summed E-state index contributed by atoms with van der Waals surface area (Å²) >= 11 is 2.84. The molecule has 0 fully saturated rings. The molecule has 0 saturated heterocycles. The van der Waals surface area contributed by atoms with Crippen molar-refractivity contribution in [2.45, 2.75) is 6.42 Å². The molecule has 0 atom stereocenters. The number of nitro groups is 1. The molecule has 0 saturated carbocycles. The molecule has 15 heavy (non-hydrogen) atoms. The summed E-state index contributed by atoms with van der Waals surface area (Å²) in [4.78, 5) is 9.88. The largest absolute Gasteiger partial charge is 0.393 e. The summed E-state index contributed by atoms with van der Waals surface area (Å²) in [6.07, 6.45) is -0.300. The van der Waals surface area contributed by atoms with Crippen LogP contribution in [0.2, 0.25) is 0 Å². The maximum absolute atomic E-state index is 13.3. The molecule has 0 spiro atoms. The molecule has 1 aromatic rings. The van der Waals surface area contributed by atoms with Gasteiger partial charge in [-0.15, -0.1) is 0 Å². The van der Waals surface area contributed by atoms with Crippen LogP contribution < -0.4 is 5.73 Å². The van der Waals surface area contributed by atoms with Gasteiger partial charge < -0.3 is 5.73 Å². The molecule has 1 rings (SSSR count). The first-order chi connectivity index (χ1) is 6.99. The number of hydrogen-bond donors (Lipinski definition) is 1. The van der Waals surface area contributed by atoms with E-state index in [2.05, 4.69) is 15.9 Å². The highest BCUT2D eigenvalue weighted by molar-refractivity contribution is 9.10. The van der Waals surface area contributed by atoms with Crippen LogP contribution in [0, 0.1) is 27.3 Å². The van der Waals surface area contributed by atoms with Crippen LogP contribution in [-0.2, 0) is 6.42 Å². The predicted molar refractivity (Wildman–Crippen MR) is 54.5 cm³/mol. The first-order valence-electron chi connectivity index (χ1n) is 3.76. The second kappa shape index (κ2) is 4.23. The molecule has 0 aliphatic heterocycles.